The van der Waals surface area contributed by atoms with Crippen molar-refractivity contribution in [2.24, 2.45) is 5.73 Å². The molecule has 13 heavy (non-hydrogen) atoms. The summed E-state index contributed by atoms with van der Waals surface area (Å²) in [7, 11) is 0. The summed E-state index contributed by atoms with van der Waals surface area (Å²) >= 11 is 0. The van der Waals surface area contributed by atoms with E-state index in [1.807, 2.05) is 39.0 Å². The quantitative estimate of drug-likeness (QED) is 0.725. The Labute approximate surface area is 79.4 Å². The topological polar surface area (TPSA) is 46.2 Å². The van der Waals surface area contributed by atoms with Crippen LogP contribution in [0.15, 0.2) is 18.2 Å². The van der Waals surface area contributed by atoms with Gasteiger partial charge in [0.1, 0.15) is 0 Å². The average Bonchev–Trinajstić information content (AvgIpc) is 2.08. The van der Waals surface area contributed by atoms with Crippen LogP contribution in [0.4, 0.5) is 0 Å². The number of hydrogen-bond acceptors (Lipinski definition) is 2. The fourth-order valence-electron chi connectivity index (χ4n) is 1.38. The molecular weight excluding hydrogens is 162 g/mol. The van der Waals surface area contributed by atoms with Crippen LogP contribution in [0.1, 0.15) is 29.7 Å². The van der Waals surface area contributed by atoms with E-state index in [0.29, 0.717) is 0 Å². The van der Waals surface area contributed by atoms with E-state index >= 15 is 0 Å². The van der Waals surface area contributed by atoms with Gasteiger partial charge in [0.25, 0.3) is 0 Å². The largest absolute Gasteiger partial charge is 0.387 e. The molecule has 2 heteroatoms. The molecule has 1 aromatic rings. The highest BCUT2D eigenvalue weighted by Gasteiger charge is 2.14. The summed E-state index contributed by atoms with van der Waals surface area (Å²) in [6.07, 6.45) is -0.556. The Morgan fingerprint density at radius 2 is 1.92 bits per heavy atom. The van der Waals surface area contributed by atoms with Gasteiger partial charge in [0, 0.05) is 6.04 Å². The molecule has 0 spiro atoms. The van der Waals surface area contributed by atoms with Crippen molar-refractivity contribution in [1.82, 2.24) is 0 Å². The van der Waals surface area contributed by atoms with Crippen LogP contribution in [-0.2, 0) is 0 Å². The molecule has 0 saturated heterocycles. The Bertz CT molecular complexity index is 294. The predicted molar refractivity (Wildman–Crippen MR) is 54.5 cm³/mol. The molecule has 0 unspecified atom stereocenters. The summed E-state index contributed by atoms with van der Waals surface area (Å²) in [6, 6.07) is 5.69. The summed E-state index contributed by atoms with van der Waals surface area (Å²) < 4.78 is 0. The normalized spacial score (nSPS) is 15.5. The van der Waals surface area contributed by atoms with Gasteiger partial charge >= 0.3 is 0 Å². The van der Waals surface area contributed by atoms with Crippen molar-refractivity contribution >= 4 is 0 Å². The zero-order valence-corrected chi connectivity index (χ0v) is 8.41. The number of aliphatic hydroxyl groups is 1. The van der Waals surface area contributed by atoms with Crippen LogP contribution in [0.3, 0.4) is 0 Å². The summed E-state index contributed by atoms with van der Waals surface area (Å²) in [5, 5.41) is 9.78. The molecule has 0 aliphatic heterocycles. The molecule has 0 heterocycles. The molecule has 1 aromatic carbocycles. The maximum atomic E-state index is 9.78. The van der Waals surface area contributed by atoms with E-state index in [-0.39, 0.29) is 6.04 Å². The Morgan fingerprint density at radius 1 is 1.31 bits per heavy atom. The third-order valence-electron chi connectivity index (χ3n) is 2.46. The number of aliphatic hydroxyl groups excluding tert-OH is 1. The average molecular weight is 179 g/mol. The summed E-state index contributed by atoms with van der Waals surface area (Å²) in [6.45, 7) is 5.86. The molecule has 0 saturated carbocycles. The fourth-order valence-corrected chi connectivity index (χ4v) is 1.38. The van der Waals surface area contributed by atoms with Gasteiger partial charge in [0.15, 0.2) is 0 Å². The van der Waals surface area contributed by atoms with Crippen molar-refractivity contribution < 1.29 is 5.11 Å². The number of nitrogens with two attached hydrogens (primary N) is 1. The van der Waals surface area contributed by atoms with Gasteiger partial charge in [-0.15, -0.1) is 0 Å². The van der Waals surface area contributed by atoms with Gasteiger partial charge in [-0.05, 0) is 37.5 Å². The van der Waals surface area contributed by atoms with Crippen LogP contribution in [0.25, 0.3) is 0 Å². The maximum absolute atomic E-state index is 9.78. The van der Waals surface area contributed by atoms with Crippen LogP contribution in [0, 0.1) is 13.8 Å². The Morgan fingerprint density at radius 3 is 2.46 bits per heavy atom. The summed E-state index contributed by atoms with van der Waals surface area (Å²) in [5.74, 6) is 0. The van der Waals surface area contributed by atoms with E-state index in [9.17, 15) is 5.11 Å². The number of hydrogen-bond donors (Lipinski definition) is 2. The second-order valence-corrected chi connectivity index (χ2v) is 3.59. The second kappa shape index (κ2) is 3.90. The smallest absolute Gasteiger partial charge is 0.0940 e. The van der Waals surface area contributed by atoms with Gasteiger partial charge in [-0.25, -0.2) is 0 Å². The zero-order valence-electron chi connectivity index (χ0n) is 8.41. The Balaban J connectivity index is 3.07. The highest BCUT2D eigenvalue weighted by molar-refractivity contribution is 5.35. The first-order valence-corrected chi connectivity index (χ1v) is 4.53. The van der Waals surface area contributed by atoms with Crippen LogP contribution in [0.2, 0.25) is 0 Å². The van der Waals surface area contributed by atoms with Crippen molar-refractivity contribution in [3.63, 3.8) is 0 Å². The molecule has 0 radical (unpaired) electrons. The van der Waals surface area contributed by atoms with E-state index < -0.39 is 6.10 Å². The second-order valence-electron chi connectivity index (χ2n) is 3.59. The maximum Gasteiger partial charge on any atom is 0.0940 e. The summed E-state index contributed by atoms with van der Waals surface area (Å²) in [5.41, 5.74) is 8.90. The van der Waals surface area contributed by atoms with Crippen molar-refractivity contribution in [1.29, 1.82) is 0 Å². The molecular formula is C11H17NO. The Kier molecular flexibility index (Phi) is 3.07. The van der Waals surface area contributed by atoms with Gasteiger partial charge in [0.2, 0.25) is 0 Å². The van der Waals surface area contributed by atoms with Crippen LogP contribution >= 0.6 is 0 Å². The minimum atomic E-state index is -0.556. The fraction of sp³-hybridized carbons (Fsp3) is 0.455. The van der Waals surface area contributed by atoms with Crippen molar-refractivity contribution in [3.8, 4) is 0 Å². The van der Waals surface area contributed by atoms with E-state index in [1.54, 1.807) is 0 Å². The van der Waals surface area contributed by atoms with E-state index in [2.05, 4.69) is 0 Å². The predicted octanol–water partition coefficient (Wildman–Crippen LogP) is 1.68. The first kappa shape index (κ1) is 10.2. The van der Waals surface area contributed by atoms with Gasteiger partial charge < -0.3 is 10.8 Å². The minimum Gasteiger partial charge on any atom is -0.387 e. The standard InChI is InChI=1S/C11H17NO/c1-7-5-4-6-10(8(7)2)11(13)9(3)12/h4-6,9,11,13H,12H2,1-3H3/t9-,11-/m1/s1. The minimum absolute atomic E-state index is 0.222. The molecule has 1 rings (SSSR count). The van der Waals surface area contributed by atoms with Crippen molar-refractivity contribution in [3.05, 3.63) is 34.9 Å². The van der Waals surface area contributed by atoms with Crippen LogP contribution < -0.4 is 5.73 Å². The molecule has 3 N–H and O–H groups in total. The molecule has 2 nitrogen and oxygen atoms in total. The zero-order chi connectivity index (χ0) is 10.0. The highest BCUT2D eigenvalue weighted by Crippen LogP contribution is 2.21. The van der Waals surface area contributed by atoms with Gasteiger partial charge in [-0.3, -0.25) is 0 Å². The number of benzene rings is 1. The molecule has 0 fully saturated rings. The molecule has 2 atom stereocenters. The van der Waals surface area contributed by atoms with Gasteiger partial charge in [-0.2, -0.15) is 0 Å². The third-order valence-corrected chi connectivity index (χ3v) is 2.46. The first-order valence-electron chi connectivity index (χ1n) is 4.53. The lowest BCUT2D eigenvalue weighted by Gasteiger charge is -2.18. The number of rotatable bonds is 2. The van der Waals surface area contributed by atoms with E-state index in [0.717, 1.165) is 11.1 Å². The van der Waals surface area contributed by atoms with E-state index in [4.69, 9.17) is 5.73 Å². The van der Waals surface area contributed by atoms with Crippen LogP contribution in [0.5, 0.6) is 0 Å². The number of aryl methyl sites for hydroxylation is 1. The van der Waals surface area contributed by atoms with Crippen molar-refractivity contribution in [2.75, 3.05) is 0 Å². The van der Waals surface area contributed by atoms with Gasteiger partial charge in [0.05, 0.1) is 6.10 Å². The molecule has 0 bridgehead atoms. The van der Waals surface area contributed by atoms with Crippen molar-refractivity contribution in [2.45, 2.75) is 32.9 Å². The van der Waals surface area contributed by atoms with Crippen LogP contribution in [-0.4, -0.2) is 11.1 Å². The molecule has 72 valence electrons. The molecule has 0 aromatic heterocycles. The molecule has 0 aliphatic carbocycles. The first-order chi connectivity index (χ1) is 6.04. The lowest BCUT2D eigenvalue weighted by atomic mass is 9.96. The Hall–Kier alpha value is -0.860. The molecule has 0 amide bonds. The molecule has 0 aliphatic rings. The SMILES string of the molecule is Cc1cccc([C@H](O)[C@@H](C)N)c1C. The summed E-state index contributed by atoms with van der Waals surface area (Å²) in [4.78, 5) is 0. The third kappa shape index (κ3) is 2.08. The highest BCUT2D eigenvalue weighted by atomic mass is 16.3. The van der Waals surface area contributed by atoms with E-state index in [1.165, 1.54) is 5.56 Å². The van der Waals surface area contributed by atoms with Gasteiger partial charge in [-0.1, -0.05) is 18.2 Å². The monoisotopic (exact) mass is 179 g/mol. The lowest BCUT2D eigenvalue weighted by Crippen LogP contribution is -2.25. The lowest BCUT2D eigenvalue weighted by molar-refractivity contribution is 0.152.